The first-order valence-corrected chi connectivity index (χ1v) is 4.44. The molecule has 0 fully saturated rings. The molecule has 0 bridgehead atoms. The lowest BCUT2D eigenvalue weighted by Gasteiger charge is -2.28. The van der Waals surface area contributed by atoms with E-state index in [9.17, 15) is 39.9 Å². The summed E-state index contributed by atoms with van der Waals surface area (Å²) in [5, 5.41) is 7.89. The van der Waals surface area contributed by atoms with E-state index in [2.05, 4.69) is 6.58 Å². The molecule has 114 valence electrons. The number of hydrogen-bond donors (Lipinski definition) is 1. The molecule has 1 atom stereocenters. The predicted octanol–water partition coefficient (Wildman–Crippen LogP) is 3.82. The van der Waals surface area contributed by atoms with Crippen LogP contribution in [0.5, 0.6) is 0 Å². The van der Waals surface area contributed by atoms with Crippen LogP contribution in [-0.2, 0) is 4.79 Å². The number of carbonyl (C=O) groups is 1. The predicted molar refractivity (Wildman–Crippen MR) is 49.0 cm³/mol. The van der Waals surface area contributed by atoms with Gasteiger partial charge in [0.05, 0.1) is 0 Å². The minimum absolute atomic E-state index is 0.0698. The van der Waals surface area contributed by atoms with E-state index in [0.29, 0.717) is 0 Å². The Bertz CT molecular complexity index is 320. The van der Waals surface area contributed by atoms with Gasteiger partial charge in [-0.15, -0.1) is 0 Å². The normalized spacial score (nSPS) is 14.2. The lowest BCUT2D eigenvalue weighted by molar-refractivity contribution is -0.364. The highest BCUT2D eigenvalue weighted by Gasteiger charge is 2.75. The van der Waals surface area contributed by atoms with E-state index in [1.807, 2.05) is 0 Å². The second-order valence-electron chi connectivity index (χ2n) is 3.40. The molecule has 10 heteroatoms. The average molecular weight is 302 g/mol. The summed E-state index contributed by atoms with van der Waals surface area (Å²) in [4.78, 5) is 9.60. The molecule has 19 heavy (non-hydrogen) atoms. The Hall–Kier alpha value is -1.35. The zero-order chi connectivity index (χ0) is 16.2. The zero-order valence-corrected chi connectivity index (χ0v) is 9.66. The van der Waals surface area contributed by atoms with Gasteiger partial charge in [0, 0.05) is 5.57 Å². The van der Waals surface area contributed by atoms with Crippen LogP contribution in [0.25, 0.3) is 0 Å². The second-order valence-corrected chi connectivity index (χ2v) is 3.40. The molecule has 2 nitrogen and oxygen atoms in total. The van der Waals surface area contributed by atoms with Gasteiger partial charge in [-0.1, -0.05) is 6.58 Å². The van der Waals surface area contributed by atoms with Crippen LogP contribution in [0.15, 0.2) is 12.2 Å². The minimum atomic E-state index is -6.46. The van der Waals surface area contributed by atoms with Gasteiger partial charge in [-0.05, 0) is 13.8 Å². The Labute approximate surface area is 102 Å². The first kappa shape index (κ1) is 20.0. The molecule has 0 aliphatic carbocycles. The van der Waals surface area contributed by atoms with Crippen LogP contribution in [0.3, 0.4) is 0 Å². The highest BCUT2D eigenvalue weighted by Crippen LogP contribution is 2.48. The van der Waals surface area contributed by atoms with Crippen molar-refractivity contribution in [2.45, 2.75) is 38.0 Å². The van der Waals surface area contributed by atoms with Gasteiger partial charge in [0.25, 0.3) is 0 Å². The molecule has 0 radical (unpaired) electrons. The third-order valence-corrected chi connectivity index (χ3v) is 1.64. The highest BCUT2D eigenvalue weighted by molar-refractivity contribution is 5.84. The van der Waals surface area contributed by atoms with Crippen molar-refractivity contribution in [3.8, 4) is 0 Å². The van der Waals surface area contributed by atoms with Gasteiger partial charge in [0.2, 0.25) is 0 Å². The number of hydrogen-bond acceptors (Lipinski definition) is 1. The van der Waals surface area contributed by atoms with Crippen LogP contribution >= 0.6 is 0 Å². The van der Waals surface area contributed by atoms with Gasteiger partial charge in [-0.2, -0.15) is 30.7 Å². The maximum atomic E-state index is 12.0. The Kier molecular flexibility index (Phi) is 6.52. The van der Waals surface area contributed by atoms with Gasteiger partial charge >= 0.3 is 24.0 Å². The summed E-state index contributed by atoms with van der Waals surface area (Å²) in [6.45, 7) is 4.53. The first-order chi connectivity index (χ1) is 8.09. The molecule has 0 heterocycles. The van der Waals surface area contributed by atoms with Gasteiger partial charge < -0.3 is 5.11 Å². The lowest BCUT2D eigenvalue weighted by Crippen LogP contribution is -2.55. The third kappa shape index (κ3) is 5.03. The topological polar surface area (TPSA) is 37.3 Å². The summed E-state index contributed by atoms with van der Waals surface area (Å²) in [5.74, 6) is -13.0. The Morgan fingerprint density at radius 3 is 1.42 bits per heavy atom. The minimum Gasteiger partial charge on any atom is -0.478 e. The quantitative estimate of drug-likeness (QED) is 0.635. The van der Waals surface area contributed by atoms with Gasteiger partial charge in [0.1, 0.15) is 0 Å². The maximum Gasteiger partial charge on any atom is 0.459 e. The zero-order valence-electron chi connectivity index (χ0n) is 9.66. The first-order valence-electron chi connectivity index (χ1n) is 4.44. The van der Waals surface area contributed by atoms with Crippen molar-refractivity contribution in [3.63, 3.8) is 0 Å². The van der Waals surface area contributed by atoms with Crippen molar-refractivity contribution in [2.24, 2.45) is 0 Å². The van der Waals surface area contributed by atoms with Crippen molar-refractivity contribution >= 4 is 5.97 Å². The number of halogens is 8. The maximum absolute atomic E-state index is 12.0. The van der Waals surface area contributed by atoms with Crippen molar-refractivity contribution in [3.05, 3.63) is 12.2 Å². The summed E-state index contributed by atoms with van der Waals surface area (Å²) in [6, 6.07) is 0. The van der Waals surface area contributed by atoms with Gasteiger partial charge in [-0.25, -0.2) is 9.18 Å². The summed E-state index contributed by atoms with van der Waals surface area (Å²) in [6.07, 6.45) is -10.0. The fraction of sp³-hybridized carbons (Fsp3) is 0.667. The molecule has 0 amide bonds. The molecule has 0 spiro atoms. The number of rotatable bonds is 3. The molecule has 0 aromatic carbocycles. The van der Waals surface area contributed by atoms with Crippen molar-refractivity contribution in [1.82, 2.24) is 0 Å². The van der Waals surface area contributed by atoms with E-state index in [1.54, 1.807) is 0 Å². The SMILES string of the molecule is C=C(C)C(=O)O.CC(F)C(F)(F)C(F)(F)C(F)(F)F. The van der Waals surface area contributed by atoms with Gasteiger partial charge in [0.15, 0.2) is 6.17 Å². The fourth-order valence-electron chi connectivity index (χ4n) is 0.439. The highest BCUT2D eigenvalue weighted by atomic mass is 19.4. The fourth-order valence-corrected chi connectivity index (χ4v) is 0.439. The summed E-state index contributed by atoms with van der Waals surface area (Å²) >= 11 is 0. The number of carboxylic acid groups (broad SMARTS) is 1. The molecule has 0 saturated carbocycles. The largest absolute Gasteiger partial charge is 0.478 e. The van der Waals surface area contributed by atoms with Crippen LogP contribution in [0, 0.1) is 0 Å². The van der Waals surface area contributed by atoms with Gasteiger partial charge in [-0.3, -0.25) is 0 Å². The van der Waals surface area contributed by atoms with E-state index >= 15 is 0 Å². The van der Waals surface area contributed by atoms with E-state index in [4.69, 9.17) is 5.11 Å². The van der Waals surface area contributed by atoms with Crippen LogP contribution in [0.2, 0.25) is 0 Å². The monoisotopic (exact) mass is 302 g/mol. The Morgan fingerprint density at radius 1 is 1.11 bits per heavy atom. The van der Waals surface area contributed by atoms with E-state index in [0.717, 1.165) is 0 Å². The van der Waals surface area contributed by atoms with Crippen LogP contribution in [0.4, 0.5) is 35.1 Å². The molecule has 0 aromatic heterocycles. The lowest BCUT2D eigenvalue weighted by atomic mass is 10.1. The Balaban J connectivity index is 0. The molecule has 0 rings (SSSR count). The second kappa shape index (κ2) is 6.20. The number of aliphatic carboxylic acids is 1. The summed E-state index contributed by atoms with van der Waals surface area (Å²) in [7, 11) is 0. The van der Waals surface area contributed by atoms with Crippen LogP contribution in [-0.4, -0.2) is 35.3 Å². The summed E-state index contributed by atoms with van der Waals surface area (Å²) < 4.78 is 93.3. The number of alkyl halides is 8. The average Bonchev–Trinajstić information content (AvgIpc) is 2.15. The van der Waals surface area contributed by atoms with Crippen LogP contribution in [0.1, 0.15) is 13.8 Å². The van der Waals surface area contributed by atoms with E-state index < -0.39 is 30.2 Å². The standard InChI is InChI=1S/C5H4F8.C4H6O2/c1-2(6)3(7,8)4(9,10)5(11,12)13;1-3(2)4(5)6/h2H,1H3;1H2,2H3,(H,5,6). The van der Waals surface area contributed by atoms with E-state index in [-0.39, 0.29) is 12.5 Å². The molecule has 0 aromatic rings. The van der Waals surface area contributed by atoms with E-state index in [1.165, 1.54) is 6.92 Å². The molecular weight excluding hydrogens is 292 g/mol. The summed E-state index contributed by atoms with van der Waals surface area (Å²) in [5.41, 5.74) is 0.176. The van der Waals surface area contributed by atoms with Crippen molar-refractivity contribution < 1.29 is 45.0 Å². The van der Waals surface area contributed by atoms with Crippen molar-refractivity contribution in [2.75, 3.05) is 0 Å². The third-order valence-electron chi connectivity index (χ3n) is 1.64. The molecule has 0 aliphatic heterocycles. The smallest absolute Gasteiger partial charge is 0.459 e. The molecule has 1 N–H and O–H groups in total. The van der Waals surface area contributed by atoms with Crippen molar-refractivity contribution in [1.29, 1.82) is 0 Å². The molecule has 1 unspecified atom stereocenters. The molecule has 0 aliphatic rings. The number of carboxylic acids is 1. The molecular formula is C9H10F8O2. The van der Waals surface area contributed by atoms with Crippen LogP contribution < -0.4 is 0 Å². The Morgan fingerprint density at radius 2 is 1.37 bits per heavy atom. The molecule has 0 saturated heterocycles.